The number of nitrogens with zero attached hydrogens (tertiary/aromatic N) is 1. The van der Waals surface area contributed by atoms with Crippen LogP contribution >= 0.6 is 11.6 Å². The Morgan fingerprint density at radius 1 is 1.17 bits per heavy atom. The van der Waals surface area contributed by atoms with E-state index in [1.54, 1.807) is 6.07 Å². The molecule has 0 aliphatic heterocycles. The number of rotatable bonds is 4. The number of pyridine rings is 1. The van der Waals surface area contributed by atoms with Gasteiger partial charge in [-0.3, -0.25) is 5.73 Å². The highest BCUT2D eigenvalue weighted by Crippen LogP contribution is 2.35. The molecule has 154 valence electrons. The van der Waals surface area contributed by atoms with Gasteiger partial charge in [-0.05, 0) is 49.6 Å². The number of ether oxygens (including phenoxy) is 1. The van der Waals surface area contributed by atoms with E-state index in [0.717, 1.165) is 42.5 Å². The molecule has 1 aromatic carbocycles. The summed E-state index contributed by atoms with van der Waals surface area (Å²) in [6, 6.07) is 9.83. The molecule has 0 unspecified atom stereocenters. The summed E-state index contributed by atoms with van der Waals surface area (Å²) in [5, 5.41) is 9.93. The number of nitrogen functional groups attached to an aromatic ring is 1. The minimum atomic E-state index is -0.424. The number of aryl methyl sites for hydroxylation is 1. The van der Waals surface area contributed by atoms with Gasteiger partial charge in [-0.25, -0.2) is 9.37 Å². The molecular formula is C23H22ClFN3O2+. The molecule has 1 aliphatic carbocycles. The second kappa shape index (κ2) is 8.76. The third kappa shape index (κ3) is 4.12. The number of hydrogen-bond acceptors (Lipinski definition) is 4. The number of benzene rings is 1. The molecule has 0 saturated heterocycles. The van der Waals surface area contributed by atoms with Gasteiger partial charge in [0.25, 0.3) is 5.82 Å². The fraction of sp³-hybridized carbons (Fsp3) is 0.304. The first-order valence-electron chi connectivity index (χ1n) is 10.0. The van der Waals surface area contributed by atoms with Crippen LogP contribution in [0.25, 0.3) is 11.3 Å². The molecule has 3 N–H and O–H groups in total. The number of fused-ring (bicyclic) bond motifs is 1. The van der Waals surface area contributed by atoms with Crippen LogP contribution in [0, 0.1) is 17.1 Å². The average molecular weight is 427 g/mol. The van der Waals surface area contributed by atoms with Gasteiger partial charge in [0.2, 0.25) is 0 Å². The van der Waals surface area contributed by atoms with Crippen molar-refractivity contribution in [3.63, 3.8) is 0 Å². The molecule has 4 rings (SSSR count). The molecule has 2 heterocycles. The maximum absolute atomic E-state index is 13.2. The van der Waals surface area contributed by atoms with Crippen molar-refractivity contribution in [3.05, 3.63) is 63.8 Å². The third-order valence-corrected chi connectivity index (χ3v) is 5.65. The number of nitrogens with two attached hydrogens (primary N) is 1. The molecule has 0 spiro atoms. The lowest BCUT2D eigenvalue weighted by molar-refractivity contribution is -0.374. The first-order valence-corrected chi connectivity index (χ1v) is 10.4. The van der Waals surface area contributed by atoms with Gasteiger partial charge in [-0.2, -0.15) is 5.26 Å². The lowest BCUT2D eigenvalue weighted by Crippen LogP contribution is -2.23. The lowest BCUT2D eigenvalue weighted by atomic mass is 9.90. The van der Waals surface area contributed by atoms with Crippen molar-refractivity contribution in [3.8, 4) is 23.1 Å². The molecule has 1 aliphatic rings. The summed E-state index contributed by atoms with van der Waals surface area (Å²) >= 11 is 6.01. The van der Waals surface area contributed by atoms with E-state index in [1.807, 2.05) is 6.07 Å². The molecule has 0 bridgehead atoms. The third-order valence-electron chi connectivity index (χ3n) is 5.36. The molecule has 0 radical (unpaired) electrons. The van der Waals surface area contributed by atoms with Crippen molar-refractivity contribution in [1.29, 1.82) is 5.26 Å². The summed E-state index contributed by atoms with van der Waals surface area (Å²) in [7, 11) is 0. The molecule has 30 heavy (non-hydrogen) atoms. The van der Waals surface area contributed by atoms with E-state index >= 15 is 0 Å². The van der Waals surface area contributed by atoms with Crippen LogP contribution in [0.1, 0.15) is 48.3 Å². The monoisotopic (exact) mass is 426 g/mol. The zero-order valence-corrected chi connectivity index (χ0v) is 17.2. The largest absolute Gasteiger partial charge is 0.484 e. The van der Waals surface area contributed by atoms with E-state index in [9.17, 15) is 9.65 Å². The van der Waals surface area contributed by atoms with Crippen LogP contribution in [0.2, 0.25) is 5.02 Å². The summed E-state index contributed by atoms with van der Waals surface area (Å²) < 4.78 is 24.9. The Morgan fingerprint density at radius 2 is 1.97 bits per heavy atom. The van der Waals surface area contributed by atoms with E-state index in [1.165, 1.54) is 31.0 Å². The lowest BCUT2D eigenvalue weighted by Gasteiger charge is -2.16. The molecule has 0 saturated carbocycles. The molecule has 7 heteroatoms. The highest BCUT2D eigenvalue weighted by molar-refractivity contribution is 6.32. The Labute approximate surface area is 179 Å². The molecule has 0 amide bonds. The maximum atomic E-state index is 13.2. The minimum Gasteiger partial charge on any atom is -0.484 e. The molecule has 0 fully saturated rings. The summed E-state index contributed by atoms with van der Waals surface area (Å²) in [6.07, 6.45) is 6.27. The zero-order valence-electron chi connectivity index (χ0n) is 16.4. The predicted molar refractivity (Wildman–Crippen MR) is 111 cm³/mol. The van der Waals surface area contributed by atoms with E-state index in [2.05, 4.69) is 11.1 Å². The first kappa shape index (κ1) is 20.2. The van der Waals surface area contributed by atoms with Crippen LogP contribution in [0.3, 0.4) is 0 Å². The van der Waals surface area contributed by atoms with E-state index in [4.69, 9.17) is 26.5 Å². The van der Waals surface area contributed by atoms with Crippen molar-refractivity contribution in [2.24, 2.45) is 0 Å². The summed E-state index contributed by atoms with van der Waals surface area (Å²) in [5.41, 5.74) is 9.50. The highest BCUT2D eigenvalue weighted by Gasteiger charge is 2.25. The van der Waals surface area contributed by atoms with E-state index in [0.29, 0.717) is 28.7 Å². The fourth-order valence-corrected chi connectivity index (χ4v) is 4.12. The summed E-state index contributed by atoms with van der Waals surface area (Å²) in [6.45, 7) is 0.129. The molecule has 0 atom stereocenters. The predicted octanol–water partition coefficient (Wildman–Crippen LogP) is 5.25. The number of furan rings is 1. The Morgan fingerprint density at radius 3 is 2.73 bits per heavy atom. The van der Waals surface area contributed by atoms with Crippen LogP contribution < -0.4 is 15.5 Å². The quantitative estimate of drug-likeness (QED) is 0.617. The van der Waals surface area contributed by atoms with Crippen LogP contribution in [0.15, 0.2) is 34.7 Å². The highest BCUT2D eigenvalue weighted by atomic mass is 35.5. The smallest absolute Gasteiger partial charge is 0.289 e. The summed E-state index contributed by atoms with van der Waals surface area (Å²) in [5.74, 6) is 1.47. The maximum Gasteiger partial charge on any atom is 0.289 e. The fourth-order valence-electron chi connectivity index (χ4n) is 3.90. The van der Waals surface area contributed by atoms with Crippen LogP contribution in [-0.2, 0) is 19.4 Å². The Kier molecular flexibility index (Phi) is 5.91. The number of nitriles is 1. The van der Waals surface area contributed by atoms with Crippen LogP contribution in [0.4, 0.5) is 10.2 Å². The van der Waals surface area contributed by atoms with Gasteiger partial charge < -0.3 is 9.15 Å². The summed E-state index contributed by atoms with van der Waals surface area (Å²) in [4.78, 5) is 3.23. The molecular weight excluding hydrogens is 405 g/mol. The Balaban J connectivity index is 1.66. The number of hydrogen-bond donors (Lipinski definition) is 1. The minimum absolute atomic E-state index is 0.129. The number of halogens is 2. The standard InChI is InChI=1S/C23H21ClFN3O2/c24-18-11-14(25)7-9-20(18)29-13-15-8-10-21(30-15)22-16-5-3-1-2-4-6-19(16)28-23(27)17(22)12-26/h7-11H,1-6,13H2,(H2,27,28)/p+1. The SMILES string of the molecule is N#Cc1c(N)[nH+]c2c(c1-c1ccc(COc3ccc(F)cc3Cl)o1)CCCCCC2. The normalized spacial score (nSPS) is 13.8. The molecule has 3 aromatic rings. The zero-order chi connectivity index (χ0) is 21.1. The van der Waals surface area contributed by atoms with Crippen LogP contribution in [0.5, 0.6) is 5.75 Å². The number of aromatic nitrogens is 1. The number of nitrogens with one attached hydrogen (secondary N) is 1. The van der Waals surface area contributed by atoms with Gasteiger partial charge in [0.1, 0.15) is 41.5 Å². The van der Waals surface area contributed by atoms with Gasteiger partial charge in [0, 0.05) is 12.0 Å². The van der Waals surface area contributed by atoms with Crippen molar-refractivity contribution in [1.82, 2.24) is 0 Å². The second-order valence-electron chi connectivity index (χ2n) is 7.40. The number of anilines is 1. The Hall–Kier alpha value is -3.04. The molecule has 5 nitrogen and oxygen atoms in total. The van der Waals surface area contributed by atoms with Crippen molar-refractivity contribution in [2.75, 3.05) is 5.73 Å². The second-order valence-corrected chi connectivity index (χ2v) is 7.81. The van der Waals surface area contributed by atoms with E-state index < -0.39 is 5.82 Å². The van der Waals surface area contributed by atoms with Crippen molar-refractivity contribution in [2.45, 2.75) is 45.1 Å². The molecule has 2 aromatic heterocycles. The number of aromatic amines is 1. The van der Waals surface area contributed by atoms with Crippen molar-refractivity contribution >= 4 is 17.4 Å². The van der Waals surface area contributed by atoms with Gasteiger partial charge in [-0.15, -0.1) is 0 Å². The van der Waals surface area contributed by atoms with Gasteiger partial charge in [0.05, 0.1) is 10.6 Å². The van der Waals surface area contributed by atoms with Crippen molar-refractivity contribution < 1.29 is 18.5 Å². The Bertz CT molecular complexity index is 1120. The van der Waals surface area contributed by atoms with Crippen LogP contribution in [-0.4, -0.2) is 0 Å². The van der Waals surface area contributed by atoms with Gasteiger partial charge in [0.15, 0.2) is 5.56 Å². The number of H-pyrrole nitrogens is 1. The first-order chi connectivity index (χ1) is 14.6. The van der Waals surface area contributed by atoms with Gasteiger partial charge in [-0.1, -0.05) is 24.4 Å². The topological polar surface area (TPSA) is 86.3 Å². The van der Waals surface area contributed by atoms with Gasteiger partial charge >= 0.3 is 0 Å². The average Bonchev–Trinajstić information content (AvgIpc) is 3.16. The van der Waals surface area contributed by atoms with E-state index in [-0.39, 0.29) is 11.6 Å².